The second kappa shape index (κ2) is 7.71. The number of nitrogens with one attached hydrogen (secondary N) is 1. The lowest BCUT2D eigenvalue weighted by atomic mass is 10.2. The number of hydrogen-bond acceptors (Lipinski definition) is 2. The molecule has 21 heavy (non-hydrogen) atoms. The van der Waals surface area contributed by atoms with Gasteiger partial charge in [-0.15, -0.1) is 0 Å². The monoisotopic (exact) mass is 315 g/mol. The van der Waals surface area contributed by atoms with E-state index in [1.165, 1.54) is 11.1 Å². The highest BCUT2D eigenvalue weighted by atomic mass is 32.1. The minimum atomic E-state index is 0.186. The molecule has 3 N–H and O–H groups in total. The maximum atomic E-state index is 5.52. The molecular formula is C16H17N3S2. The maximum absolute atomic E-state index is 5.52. The Balaban J connectivity index is 2.13. The van der Waals surface area contributed by atoms with Gasteiger partial charge in [0.05, 0.1) is 0 Å². The van der Waals surface area contributed by atoms with Crippen molar-refractivity contribution < 1.29 is 0 Å². The first kappa shape index (κ1) is 15.4. The van der Waals surface area contributed by atoms with Crippen LogP contribution < -0.4 is 11.1 Å². The summed E-state index contributed by atoms with van der Waals surface area (Å²) in [5.41, 5.74) is 7.89. The summed E-state index contributed by atoms with van der Waals surface area (Å²) in [5.74, 6) is 0. The Morgan fingerprint density at radius 3 is 1.67 bits per heavy atom. The molecule has 108 valence electrons. The molecule has 0 amide bonds. The van der Waals surface area contributed by atoms with Crippen LogP contribution in [-0.4, -0.2) is 15.1 Å². The molecule has 5 heteroatoms. The van der Waals surface area contributed by atoms with E-state index >= 15 is 0 Å². The standard InChI is InChI=1S/C16H17N3S2/c17-15(20)18-16(21)19(11-13-7-3-1-4-8-13)12-14-9-5-2-6-10-14/h1-10H,11-12H2,(H3,17,18,20,21). The van der Waals surface area contributed by atoms with Crippen molar-refractivity contribution in [2.24, 2.45) is 5.73 Å². The predicted molar refractivity (Wildman–Crippen MR) is 94.7 cm³/mol. The Morgan fingerprint density at radius 2 is 1.29 bits per heavy atom. The van der Waals surface area contributed by atoms with Crippen LogP contribution in [0.15, 0.2) is 60.7 Å². The van der Waals surface area contributed by atoms with Crippen molar-refractivity contribution in [3.8, 4) is 0 Å². The highest BCUT2D eigenvalue weighted by Gasteiger charge is 2.11. The highest BCUT2D eigenvalue weighted by Crippen LogP contribution is 2.10. The van der Waals surface area contributed by atoms with Crippen LogP contribution in [0.1, 0.15) is 11.1 Å². The fourth-order valence-electron chi connectivity index (χ4n) is 1.99. The molecule has 3 nitrogen and oxygen atoms in total. The summed E-state index contributed by atoms with van der Waals surface area (Å²) in [5, 5.41) is 3.57. The van der Waals surface area contributed by atoms with Gasteiger partial charge in [-0.25, -0.2) is 0 Å². The molecule has 0 aliphatic heterocycles. The third-order valence-corrected chi connectivity index (χ3v) is 3.41. The third-order valence-electron chi connectivity index (χ3n) is 2.95. The number of hydrogen-bond donors (Lipinski definition) is 2. The fourth-order valence-corrected chi connectivity index (χ4v) is 2.39. The predicted octanol–water partition coefficient (Wildman–Crippen LogP) is 2.81. The van der Waals surface area contributed by atoms with Crippen molar-refractivity contribution in [2.75, 3.05) is 0 Å². The lowest BCUT2D eigenvalue weighted by Crippen LogP contribution is -2.44. The van der Waals surface area contributed by atoms with E-state index in [4.69, 9.17) is 30.2 Å². The summed E-state index contributed by atoms with van der Waals surface area (Å²) < 4.78 is 0. The molecule has 0 heterocycles. The SMILES string of the molecule is NC(=S)NC(=S)N(Cc1ccccc1)Cc1ccccc1. The van der Waals surface area contributed by atoms with E-state index in [-0.39, 0.29) is 5.11 Å². The third kappa shape index (κ3) is 5.13. The zero-order valence-corrected chi connectivity index (χ0v) is 13.2. The van der Waals surface area contributed by atoms with E-state index in [1.54, 1.807) is 0 Å². The molecule has 2 aromatic rings. The van der Waals surface area contributed by atoms with E-state index in [9.17, 15) is 0 Å². The largest absolute Gasteiger partial charge is 0.376 e. The molecule has 0 radical (unpaired) electrons. The van der Waals surface area contributed by atoms with Crippen molar-refractivity contribution in [1.29, 1.82) is 0 Å². The van der Waals surface area contributed by atoms with Gasteiger partial charge in [-0.2, -0.15) is 0 Å². The Labute approximate surface area is 135 Å². The van der Waals surface area contributed by atoms with Crippen LogP contribution in [0.25, 0.3) is 0 Å². The molecule has 2 aromatic carbocycles. The van der Waals surface area contributed by atoms with Crippen LogP contribution in [0.5, 0.6) is 0 Å². The first-order chi connectivity index (χ1) is 10.1. The van der Waals surface area contributed by atoms with E-state index in [2.05, 4.69) is 29.6 Å². The lowest BCUT2D eigenvalue weighted by molar-refractivity contribution is 0.405. The molecule has 2 rings (SSSR count). The summed E-state index contributed by atoms with van der Waals surface area (Å²) in [4.78, 5) is 2.04. The van der Waals surface area contributed by atoms with Gasteiger partial charge in [0.2, 0.25) is 0 Å². The number of nitrogens with two attached hydrogens (primary N) is 1. The average Bonchev–Trinajstić information content (AvgIpc) is 2.48. The van der Waals surface area contributed by atoms with E-state index in [0.29, 0.717) is 18.2 Å². The zero-order chi connectivity index (χ0) is 15.1. The van der Waals surface area contributed by atoms with Crippen molar-refractivity contribution in [3.63, 3.8) is 0 Å². The van der Waals surface area contributed by atoms with Crippen LogP contribution >= 0.6 is 24.4 Å². The van der Waals surface area contributed by atoms with Crippen molar-refractivity contribution in [3.05, 3.63) is 71.8 Å². The van der Waals surface area contributed by atoms with Crippen LogP contribution in [-0.2, 0) is 13.1 Å². The Bertz CT molecular complexity index is 558. The first-order valence-corrected chi connectivity index (χ1v) is 7.40. The van der Waals surface area contributed by atoms with Gasteiger partial charge in [0, 0.05) is 13.1 Å². The molecule has 0 atom stereocenters. The summed E-state index contributed by atoms with van der Waals surface area (Å²) in [7, 11) is 0. The fraction of sp³-hybridized carbons (Fsp3) is 0.125. The van der Waals surface area contributed by atoms with Crippen LogP contribution in [0, 0.1) is 0 Å². The topological polar surface area (TPSA) is 41.3 Å². The van der Waals surface area contributed by atoms with Gasteiger partial charge in [0.1, 0.15) is 0 Å². The van der Waals surface area contributed by atoms with Gasteiger partial charge in [-0.3, -0.25) is 0 Å². The van der Waals surface area contributed by atoms with Gasteiger partial charge < -0.3 is 16.0 Å². The Kier molecular flexibility index (Phi) is 5.66. The molecule has 0 saturated carbocycles. The van der Waals surface area contributed by atoms with Crippen molar-refractivity contribution in [1.82, 2.24) is 10.2 Å². The lowest BCUT2D eigenvalue weighted by Gasteiger charge is -2.25. The molecule has 0 spiro atoms. The smallest absolute Gasteiger partial charge is 0.175 e. The summed E-state index contributed by atoms with van der Waals surface area (Å²) in [6.07, 6.45) is 0. The second-order valence-electron chi connectivity index (χ2n) is 4.62. The number of benzene rings is 2. The normalized spacial score (nSPS) is 9.90. The van der Waals surface area contributed by atoms with Gasteiger partial charge in [-0.1, -0.05) is 60.7 Å². The number of thiocarbonyl (C=S) groups is 2. The minimum absolute atomic E-state index is 0.186. The maximum Gasteiger partial charge on any atom is 0.175 e. The van der Waals surface area contributed by atoms with Crippen molar-refractivity contribution in [2.45, 2.75) is 13.1 Å². The summed E-state index contributed by atoms with van der Waals surface area (Å²) in [6, 6.07) is 20.3. The van der Waals surface area contributed by atoms with Gasteiger partial charge >= 0.3 is 0 Å². The molecule has 0 fully saturated rings. The van der Waals surface area contributed by atoms with Crippen LogP contribution in [0.4, 0.5) is 0 Å². The molecular weight excluding hydrogens is 298 g/mol. The van der Waals surface area contributed by atoms with Crippen LogP contribution in [0.3, 0.4) is 0 Å². The van der Waals surface area contributed by atoms with E-state index in [0.717, 1.165) is 0 Å². The van der Waals surface area contributed by atoms with Gasteiger partial charge in [0.15, 0.2) is 10.2 Å². The first-order valence-electron chi connectivity index (χ1n) is 6.58. The molecule has 0 bridgehead atoms. The minimum Gasteiger partial charge on any atom is -0.376 e. The molecule has 0 aliphatic carbocycles. The van der Waals surface area contributed by atoms with E-state index < -0.39 is 0 Å². The Hall–Kier alpha value is -1.98. The van der Waals surface area contributed by atoms with Gasteiger partial charge in [0.25, 0.3) is 0 Å². The molecule has 0 aliphatic rings. The van der Waals surface area contributed by atoms with Crippen molar-refractivity contribution >= 4 is 34.7 Å². The second-order valence-corrected chi connectivity index (χ2v) is 5.45. The molecule has 0 unspecified atom stereocenters. The molecule has 0 saturated heterocycles. The van der Waals surface area contributed by atoms with Crippen LogP contribution in [0.2, 0.25) is 0 Å². The Morgan fingerprint density at radius 1 is 0.857 bits per heavy atom. The number of rotatable bonds is 4. The van der Waals surface area contributed by atoms with Gasteiger partial charge in [-0.05, 0) is 35.6 Å². The summed E-state index contributed by atoms with van der Waals surface area (Å²) in [6.45, 7) is 1.40. The zero-order valence-electron chi connectivity index (χ0n) is 11.5. The number of nitrogens with zero attached hydrogens (tertiary/aromatic N) is 1. The highest BCUT2D eigenvalue weighted by molar-refractivity contribution is 7.81. The van der Waals surface area contributed by atoms with E-state index in [1.807, 2.05) is 41.3 Å². The average molecular weight is 315 g/mol. The molecule has 0 aromatic heterocycles. The summed E-state index contributed by atoms with van der Waals surface area (Å²) >= 11 is 10.3. The quantitative estimate of drug-likeness (QED) is 0.849.